The number of carbonyl (C=O) groups excluding carboxylic acids is 1. The Hall–Kier alpha value is -1.46. The predicted octanol–water partition coefficient (Wildman–Crippen LogP) is 3.71. The molecule has 0 atom stereocenters. The molecule has 0 N–H and O–H groups in total. The van der Waals surface area contributed by atoms with Gasteiger partial charge in [-0.2, -0.15) is 0 Å². The van der Waals surface area contributed by atoms with Crippen LogP contribution < -0.4 is 0 Å². The van der Waals surface area contributed by atoms with Gasteiger partial charge in [-0.05, 0) is 19.1 Å². The lowest BCUT2D eigenvalue weighted by molar-refractivity contribution is -0.142. The van der Waals surface area contributed by atoms with Gasteiger partial charge in [0.1, 0.15) is 10.8 Å². The van der Waals surface area contributed by atoms with Crippen LogP contribution in [0.15, 0.2) is 23.6 Å². The van der Waals surface area contributed by atoms with Crippen molar-refractivity contribution in [2.24, 2.45) is 0 Å². The molecular weight excluding hydrogens is 289 g/mol. The molecule has 19 heavy (non-hydrogen) atoms. The van der Waals surface area contributed by atoms with Gasteiger partial charge in [0, 0.05) is 5.38 Å². The summed E-state index contributed by atoms with van der Waals surface area (Å²) < 4.78 is 18.6. The molecule has 0 unspecified atom stereocenters. The molecule has 1 aromatic heterocycles. The summed E-state index contributed by atoms with van der Waals surface area (Å²) in [6.45, 7) is 2.07. The molecule has 0 saturated carbocycles. The van der Waals surface area contributed by atoms with Crippen molar-refractivity contribution in [2.75, 3.05) is 6.61 Å². The number of benzene rings is 1. The normalized spacial score (nSPS) is 10.5. The average Bonchev–Trinajstić information content (AvgIpc) is 2.77. The van der Waals surface area contributed by atoms with E-state index in [2.05, 4.69) is 4.98 Å². The minimum absolute atomic E-state index is 0.0798. The standard InChI is InChI=1S/C13H11ClFNO2S/c1-2-18-11(17)6-8-7-19-13(16-8)12-9(14)4-3-5-10(12)15/h3-5,7H,2,6H2,1H3. The van der Waals surface area contributed by atoms with Gasteiger partial charge in [0.2, 0.25) is 0 Å². The Balaban J connectivity index is 2.24. The van der Waals surface area contributed by atoms with Crippen LogP contribution in [0, 0.1) is 5.82 Å². The van der Waals surface area contributed by atoms with Gasteiger partial charge in [0.15, 0.2) is 0 Å². The number of halogens is 2. The number of hydrogen-bond acceptors (Lipinski definition) is 4. The number of nitrogens with zero attached hydrogens (tertiary/aromatic N) is 1. The van der Waals surface area contributed by atoms with E-state index in [0.717, 1.165) is 0 Å². The summed E-state index contributed by atoms with van der Waals surface area (Å²) in [5.74, 6) is -0.775. The highest BCUT2D eigenvalue weighted by molar-refractivity contribution is 7.13. The highest BCUT2D eigenvalue weighted by atomic mass is 35.5. The highest BCUT2D eigenvalue weighted by Crippen LogP contribution is 2.32. The first-order valence-corrected chi connectivity index (χ1v) is 6.92. The number of ether oxygens (including phenoxy) is 1. The maximum absolute atomic E-state index is 13.7. The van der Waals surface area contributed by atoms with E-state index < -0.39 is 5.82 Å². The number of hydrogen-bond donors (Lipinski definition) is 0. The molecule has 0 amide bonds. The van der Waals surface area contributed by atoms with E-state index in [4.69, 9.17) is 16.3 Å². The number of thiazole rings is 1. The molecule has 0 spiro atoms. The molecule has 0 aliphatic heterocycles. The summed E-state index contributed by atoms with van der Waals surface area (Å²) in [4.78, 5) is 15.6. The lowest BCUT2D eigenvalue weighted by Gasteiger charge is -2.01. The van der Waals surface area contributed by atoms with Crippen LogP contribution in [0.5, 0.6) is 0 Å². The Morgan fingerprint density at radius 2 is 2.32 bits per heavy atom. The minimum atomic E-state index is -0.426. The summed E-state index contributed by atoms with van der Waals surface area (Å²) in [5.41, 5.74) is 0.821. The lowest BCUT2D eigenvalue weighted by Crippen LogP contribution is -2.07. The second-order valence-electron chi connectivity index (χ2n) is 3.72. The Labute approximate surface area is 119 Å². The summed E-state index contributed by atoms with van der Waals surface area (Å²) >= 11 is 7.21. The molecule has 6 heteroatoms. The molecule has 3 nitrogen and oxygen atoms in total. The van der Waals surface area contributed by atoms with Crippen LogP contribution in [-0.4, -0.2) is 17.6 Å². The van der Waals surface area contributed by atoms with Gasteiger partial charge in [0.25, 0.3) is 0 Å². The third kappa shape index (κ3) is 3.30. The Bertz CT molecular complexity index is 580. The largest absolute Gasteiger partial charge is 0.466 e. The first-order valence-electron chi connectivity index (χ1n) is 5.66. The molecule has 1 heterocycles. The van der Waals surface area contributed by atoms with Gasteiger partial charge in [-0.25, -0.2) is 9.37 Å². The van der Waals surface area contributed by atoms with E-state index in [0.29, 0.717) is 22.3 Å². The molecule has 100 valence electrons. The van der Waals surface area contributed by atoms with Gasteiger partial charge < -0.3 is 4.74 Å². The molecule has 0 fully saturated rings. The van der Waals surface area contributed by atoms with Crippen LogP contribution in [0.25, 0.3) is 10.6 Å². The molecule has 0 radical (unpaired) electrons. The van der Waals surface area contributed by atoms with Crippen LogP contribution >= 0.6 is 22.9 Å². The second kappa shape index (κ2) is 6.12. The lowest BCUT2D eigenvalue weighted by atomic mass is 10.2. The maximum Gasteiger partial charge on any atom is 0.311 e. The minimum Gasteiger partial charge on any atom is -0.466 e. The third-order valence-corrected chi connectivity index (χ3v) is 3.58. The van der Waals surface area contributed by atoms with Crippen LogP contribution in [0.3, 0.4) is 0 Å². The molecule has 2 rings (SSSR count). The molecule has 0 saturated heterocycles. The van der Waals surface area contributed by atoms with Crippen molar-refractivity contribution in [3.05, 3.63) is 40.1 Å². The van der Waals surface area contributed by atoms with Crippen LogP contribution in [-0.2, 0) is 16.0 Å². The summed E-state index contributed by atoms with van der Waals surface area (Å²) in [6, 6.07) is 4.47. The summed E-state index contributed by atoms with van der Waals surface area (Å²) in [5, 5.41) is 2.47. The van der Waals surface area contributed by atoms with Crippen LogP contribution in [0.2, 0.25) is 5.02 Å². The number of aromatic nitrogens is 1. The van der Waals surface area contributed by atoms with E-state index >= 15 is 0 Å². The monoisotopic (exact) mass is 299 g/mol. The smallest absolute Gasteiger partial charge is 0.311 e. The quantitative estimate of drug-likeness (QED) is 0.808. The molecule has 1 aromatic carbocycles. The highest BCUT2D eigenvalue weighted by Gasteiger charge is 2.15. The van der Waals surface area contributed by atoms with E-state index in [1.807, 2.05) is 0 Å². The second-order valence-corrected chi connectivity index (χ2v) is 4.99. The first-order chi connectivity index (χ1) is 9.11. The third-order valence-electron chi connectivity index (χ3n) is 2.36. The fraction of sp³-hybridized carbons (Fsp3) is 0.231. The van der Waals surface area contributed by atoms with Crippen molar-refractivity contribution in [2.45, 2.75) is 13.3 Å². The first kappa shape index (κ1) is 14.0. The Morgan fingerprint density at radius 3 is 3.00 bits per heavy atom. The Morgan fingerprint density at radius 1 is 1.53 bits per heavy atom. The summed E-state index contributed by atoms with van der Waals surface area (Å²) in [7, 11) is 0. The predicted molar refractivity (Wildman–Crippen MR) is 72.9 cm³/mol. The molecule has 0 aliphatic rings. The zero-order valence-electron chi connectivity index (χ0n) is 10.2. The van der Waals surface area contributed by atoms with E-state index in [-0.39, 0.29) is 18.0 Å². The van der Waals surface area contributed by atoms with Gasteiger partial charge in [-0.15, -0.1) is 11.3 Å². The van der Waals surface area contributed by atoms with Crippen molar-refractivity contribution in [1.29, 1.82) is 0 Å². The van der Waals surface area contributed by atoms with Gasteiger partial charge in [-0.1, -0.05) is 17.7 Å². The molecule has 2 aromatic rings. The maximum atomic E-state index is 13.7. The fourth-order valence-electron chi connectivity index (χ4n) is 1.57. The van der Waals surface area contributed by atoms with Crippen molar-refractivity contribution in [3.63, 3.8) is 0 Å². The number of carbonyl (C=O) groups is 1. The van der Waals surface area contributed by atoms with Crippen molar-refractivity contribution in [1.82, 2.24) is 4.98 Å². The fourth-order valence-corrected chi connectivity index (χ4v) is 2.75. The van der Waals surface area contributed by atoms with Gasteiger partial charge in [0.05, 0.1) is 29.3 Å². The average molecular weight is 300 g/mol. The molecule has 0 aliphatic carbocycles. The van der Waals surface area contributed by atoms with E-state index in [9.17, 15) is 9.18 Å². The van der Waals surface area contributed by atoms with Gasteiger partial charge in [-0.3, -0.25) is 4.79 Å². The number of rotatable bonds is 4. The van der Waals surface area contributed by atoms with Crippen molar-refractivity contribution in [3.8, 4) is 10.6 Å². The zero-order chi connectivity index (χ0) is 13.8. The topological polar surface area (TPSA) is 39.2 Å². The zero-order valence-corrected chi connectivity index (χ0v) is 11.7. The van der Waals surface area contributed by atoms with Crippen LogP contribution in [0.4, 0.5) is 4.39 Å². The SMILES string of the molecule is CCOC(=O)Cc1csc(-c2c(F)cccc2Cl)n1. The summed E-state index contributed by atoms with van der Waals surface area (Å²) in [6.07, 6.45) is 0.0798. The number of esters is 1. The van der Waals surface area contributed by atoms with E-state index in [1.54, 1.807) is 18.4 Å². The van der Waals surface area contributed by atoms with Crippen molar-refractivity contribution < 1.29 is 13.9 Å². The van der Waals surface area contributed by atoms with Crippen molar-refractivity contribution >= 4 is 28.9 Å². The van der Waals surface area contributed by atoms with Gasteiger partial charge >= 0.3 is 5.97 Å². The van der Waals surface area contributed by atoms with Crippen LogP contribution in [0.1, 0.15) is 12.6 Å². The molecule has 0 bridgehead atoms. The van der Waals surface area contributed by atoms with E-state index in [1.165, 1.54) is 23.5 Å². The molecular formula is C13H11ClFNO2S. The Kier molecular flexibility index (Phi) is 4.50.